The topological polar surface area (TPSA) is 119 Å². The number of methoxy groups -OCH3 is 1. The van der Waals surface area contributed by atoms with Gasteiger partial charge < -0.3 is 39.9 Å². The van der Waals surface area contributed by atoms with E-state index in [0.717, 1.165) is 58.6 Å². The Bertz CT molecular complexity index is 1350. The van der Waals surface area contributed by atoms with Crippen molar-refractivity contribution in [1.29, 1.82) is 0 Å². The number of morpholine rings is 1. The SMILES string of the molecule is COc1ccc([C@H](O)CNc2c[nH]c(O)c2-c2nc3c(C)cc(N4CCOCC4)cc3[nH]2)cc1Br. The van der Waals surface area contributed by atoms with Gasteiger partial charge in [0, 0.05) is 31.5 Å². The van der Waals surface area contributed by atoms with Crippen LogP contribution in [-0.2, 0) is 4.74 Å². The van der Waals surface area contributed by atoms with Gasteiger partial charge in [0.2, 0.25) is 5.88 Å². The predicted molar refractivity (Wildman–Crippen MR) is 139 cm³/mol. The first-order valence-corrected chi connectivity index (χ1v) is 12.2. The Kier molecular flexibility index (Phi) is 6.59. The minimum absolute atomic E-state index is 0.000654. The largest absolute Gasteiger partial charge is 0.496 e. The normalized spacial score (nSPS) is 14.9. The molecular weight excluding hydrogens is 514 g/mol. The maximum absolute atomic E-state index is 10.7. The average molecular weight is 542 g/mol. The smallest absolute Gasteiger partial charge is 0.201 e. The number of aryl methyl sites for hydroxylation is 1. The van der Waals surface area contributed by atoms with Gasteiger partial charge in [0.05, 0.1) is 47.6 Å². The fourth-order valence-electron chi connectivity index (χ4n) is 4.40. The van der Waals surface area contributed by atoms with Crippen molar-refractivity contribution in [3.05, 3.63) is 52.1 Å². The van der Waals surface area contributed by atoms with Crippen LogP contribution in [0.2, 0.25) is 0 Å². The van der Waals surface area contributed by atoms with Gasteiger partial charge >= 0.3 is 0 Å². The summed E-state index contributed by atoms with van der Waals surface area (Å²) in [5.74, 6) is 1.24. The zero-order valence-electron chi connectivity index (χ0n) is 19.6. The minimum Gasteiger partial charge on any atom is -0.496 e. The van der Waals surface area contributed by atoms with E-state index in [0.29, 0.717) is 22.8 Å². The van der Waals surface area contributed by atoms with Crippen molar-refractivity contribution in [2.75, 3.05) is 50.2 Å². The third kappa shape index (κ3) is 4.69. The monoisotopic (exact) mass is 541 g/mol. The molecule has 9 nitrogen and oxygen atoms in total. The number of aromatic amines is 2. The van der Waals surface area contributed by atoms with Gasteiger partial charge in [0.1, 0.15) is 17.1 Å². The van der Waals surface area contributed by atoms with Gasteiger partial charge in [-0.05, 0) is 58.2 Å². The molecule has 35 heavy (non-hydrogen) atoms. The molecule has 5 rings (SSSR count). The van der Waals surface area contributed by atoms with E-state index in [1.807, 2.05) is 19.1 Å². The Labute approximate surface area is 211 Å². The van der Waals surface area contributed by atoms with E-state index in [1.165, 1.54) is 0 Å². The fraction of sp³-hybridized carbons (Fsp3) is 0.320. The van der Waals surface area contributed by atoms with Crippen LogP contribution in [0, 0.1) is 6.92 Å². The van der Waals surface area contributed by atoms with Crippen LogP contribution in [0.25, 0.3) is 22.4 Å². The molecule has 2 aromatic carbocycles. The highest BCUT2D eigenvalue weighted by molar-refractivity contribution is 9.10. The molecule has 0 saturated carbocycles. The summed E-state index contributed by atoms with van der Waals surface area (Å²) in [6.07, 6.45) is 0.900. The second-order valence-corrected chi connectivity index (χ2v) is 9.41. The van der Waals surface area contributed by atoms with Crippen LogP contribution in [0.3, 0.4) is 0 Å². The molecule has 0 aliphatic carbocycles. The van der Waals surface area contributed by atoms with Crippen molar-refractivity contribution >= 4 is 38.3 Å². The van der Waals surface area contributed by atoms with E-state index >= 15 is 0 Å². The van der Waals surface area contributed by atoms with E-state index in [-0.39, 0.29) is 12.4 Å². The lowest BCUT2D eigenvalue weighted by molar-refractivity contribution is 0.122. The first kappa shape index (κ1) is 23.5. The number of aliphatic hydroxyl groups is 1. The number of imidazole rings is 1. The molecule has 0 bridgehead atoms. The number of halogens is 1. The highest BCUT2D eigenvalue weighted by atomic mass is 79.9. The number of H-pyrrole nitrogens is 2. The van der Waals surface area contributed by atoms with Gasteiger partial charge in [-0.15, -0.1) is 0 Å². The van der Waals surface area contributed by atoms with Gasteiger partial charge in [-0.2, -0.15) is 0 Å². The van der Waals surface area contributed by atoms with Crippen LogP contribution in [0.1, 0.15) is 17.2 Å². The van der Waals surface area contributed by atoms with Crippen LogP contribution < -0.4 is 15.0 Å². The molecule has 1 atom stereocenters. The third-order valence-electron chi connectivity index (χ3n) is 6.28. The number of rotatable bonds is 7. The van der Waals surface area contributed by atoms with Crippen molar-refractivity contribution in [1.82, 2.24) is 15.0 Å². The molecule has 0 unspecified atom stereocenters. The maximum Gasteiger partial charge on any atom is 0.201 e. The first-order chi connectivity index (χ1) is 16.9. The molecule has 1 aliphatic rings. The summed E-state index contributed by atoms with van der Waals surface area (Å²) in [5, 5.41) is 24.5. The van der Waals surface area contributed by atoms with Crippen molar-refractivity contribution in [2.24, 2.45) is 0 Å². The summed E-state index contributed by atoms with van der Waals surface area (Å²) in [6, 6.07) is 9.68. The molecule has 2 aromatic heterocycles. The van der Waals surface area contributed by atoms with Crippen LogP contribution in [-0.4, -0.2) is 65.1 Å². The molecule has 1 fully saturated rings. The van der Waals surface area contributed by atoms with E-state index in [2.05, 4.69) is 48.2 Å². The molecule has 0 amide bonds. The second kappa shape index (κ2) is 9.80. The lowest BCUT2D eigenvalue weighted by Gasteiger charge is -2.29. The lowest BCUT2D eigenvalue weighted by atomic mass is 10.1. The Morgan fingerprint density at radius 1 is 1.26 bits per heavy atom. The molecule has 184 valence electrons. The number of aliphatic hydroxyl groups excluding tert-OH is 1. The fourth-order valence-corrected chi connectivity index (χ4v) is 4.96. The van der Waals surface area contributed by atoms with E-state index < -0.39 is 6.10 Å². The van der Waals surface area contributed by atoms with Crippen LogP contribution in [0.15, 0.2) is 41.0 Å². The first-order valence-electron chi connectivity index (χ1n) is 11.4. The summed E-state index contributed by atoms with van der Waals surface area (Å²) in [5.41, 5.74) is 5.83. The van der Waals surface area contributed by atoms with Crippen LogP contribution >= 0.6 is 15.9 Å². The zero-order valence-corrected chi connectivity index (χ0v) is 21.1. The van der Waals surface area contributed by atoms with E-state index in [9.17, 15) is 10.2 Å². The van der Waals surface area contributed by atoms with Crippen molar-refractivity contribution < 1.29 is 19.7 Å². The lowest BCUT2D eigenvalue weighted by Crippen LogP contribution is -2.36. The van der Waals surface area contributed by atoms with Crippen LogP contribution in [0.5, 0.6) is 11.6 Å². The number of nitrogens with zero attached hydrogens (tertiary/aromatic N) is 2. The molecule has 1 aliphatic heterocycles. The van der Waals surface area contributed by atoms with E-state index in [4.69, 9.17) is 14.5 Å². The number of anilines is 2. The number of hydrogen-bond acceptors (Lipinski definition) is 7. The quantitative estimate of drug-likeness (QED) is 0.236. The summed E-state index contributed by atoms with van der Waals surface area (Å²) < 4.78 is 11.5. The number of aromatic hydroxyl groups is 1. The third-order valence-corrected chi connectivity index (χ3v) is 6.90. The molecule has 0 radical (unpaired) electrons. The Morgan fingerprint density at radius 2 is 2.06 bits per heavy atom. The second-order valence-electron chi connectivity index (χ2n) is 8.56. The Morgan fingerprint density at radius 3 is 2.80 bits per heavy atom. The van der Waals surface area contributed by atoms with Gasteiger partial charge in [-0.3, -0.25) is 0 Å². The highest BCUT2D eigenvalue weighted by Crippen LogP contribution is 2.37. The van der Waals surface area contributed by atoms with Gasteiger partial charge in [-0.25, -0.2) is 4.98 Å². The number of aromatic nitrogens is 3. The number of fused-ring (bicyclic) bond motifs is 1. The Hall–Kier alpha value is -3.21. The van der Waals surface area contributed by atoms with Gasteiger partial charge in [0.25, 0.3) is 0 Å². The molecule has 10 heteroatoms. The molecule has 3 heterocycles. The number of hydrogen-bond donors (Lipinski definition) is 5. The minimum atomic E-state index is -0.768. The number of benzene rings is 2. The summed E-state index contributed by atoms with van der Waals surface area (Å²) in [6.45, 7) is 5.42. The molecule has 1 saturated heterocycles. The predicted octanol–water partition coefficient (Wildman–Crippen LogP) is 4.33. The molecule has 0 spiro atoms. The van der Waals surface area contributed by atoms with E-state index in [1.54, 1.807) is 19.4 Å². The maximum atomic E-state index is 10.7. The molecule has 5 N–H and O–H groups in total. The zero-order chi connectivity index (χ0) is 24.5. The van der Waals surface area contributed by atoms with Gasteiger partial charge in [0.15, 0.2) is 0 Å². The number of nitrogens with one attached hydrogen (secondary N) is 3. The van der Waals surface area contributed by atoms with Crippen molar-refractivity contribution in [3.63, 3.8) is 0 Å². The summed E-state index contributed by atoms with van der Waals surface area (Å²) in [4.78, 5) is 13.3. The van der Waals surface area contributed by atoms with Gasteiger partial charge in [-0.1, -0.05) is 6.07 Å². The molecule has 4 aromatic rings. The molecular formula is C25H28BrN5O4. The van der Waals surface area contributed by atoms with Crippen molar-refractivity contribution in [2.45, 2.75) is 13.0 Å². The number of ether oxygens (including phenoxy) is 2. The average Bonchev–Trinajstić information content (AvgIpc) is 3.46. The summed E-state index contributed by atoms with van der Waals surface area (Å²) in [7, 11) is 1.60. The van der Waals surface area contributed by atoms with Crippen molar-refractivity contribution in [3.8, 4) is 23.0 Å². The summed E-state index contributed by atoms with van der Waals surface area (Å²) >= 11 is 3.45. The van der Waals surface area contributed by atoms with Crippen LogP contribution in [0.4, 0.5) is 11.4 Å². The Balaban J connectivity index is 1.39. The highest BCUT2D eigenvalue weighted by Gasteiger charge is 2.20. The standard InChI is InChI=1S/C25H28BrN5O4/c1-14-9-16(31-5-7-35-8-6-31)11-18-23(14)30-24(29-18)22-19(12-28-25(22)33)27-13-20(32)15-3-4-21(34-2)17(26)10-15/h3-4,9-12,20,27-28,32-33H,5-8,13H2,1-2H3,(H,29,30)/t20-/m1/s1.